The molecule has 35 heavy (non-hydrogen) atoms. The van der Waals surface area contributed by atoms with Crippen molar-refractivity contribution in [3.05, 3.63) is 59.9 Å². The van der Waals surface area contributed by atoms with Crippen molar-refractivity contribution < 1.29 is 28.2 Å². The molecule has 7 heteroatoms. The molecule has 1 aromatic heterocycles. The minimum absolute atomic E-state index is 0.0621. The van der Waals surface area contributed by atoms with Gasteiger partial charge in [0, 0.05) is 19.7 Å². The molecule has 194 valence electrons. The highest BCUT2D eigenvalue weighted by Crippen LogP contribution is 2.16. The van der Waals surface area contributed by atoms with Crippen LogP contribution < -0.4 is 0 Å². The third kappa shape index (κ3) is 11.9. The van der Waals surface area contributed by atoms with E-state index in [0.717, 1.165) is 18.4 Å². The molecule has 2 unspecified atom stereocenters. The average Bonchev–Trinajstić information content (AvgIpc) is 3.32. The second-order valence-electron chi connectivity index (χ2n) is 8.85. The highest BCUT2D eigenvalue weighted by molar-refractivity contribution is 5.87. The highest BCUT2D eigenvalue weighted by atomic mass is 19.1. The fourth-order valence-corrected chi connectivity index (χ4v) is 3.84. The fraction of sp³-hybridized carbons (Fsp3) is 0.571. The molecule has 0 bridgehead atoms. The van der Waals surface area contributed by atoms with Crippen LogP contribution in [0.1, 0.15) is 94.1 Å². The number of rotatable bonds is 17. The molecule has 0 radical (unpaired) electrons. The maximum absolute atomic E-state index is 14.4. The zero-order valence-corrected chi connectivity index (χ0v) is 21.1. The predicted octanol–water partition coefficient (Wildman–Crippen LogP) is 7.60. The van der Waals surface area contributed by atoms with Crippen LogP contribution >= 0.6 is 0 Å². The van der Waals surface area contributed by atoms with Crippen LogP contribution in [0.15, 0.2) is 48.7 Å². The Morgan fingerprint density at radius 3 is 2.29 bits per heavy atom. The van der Waals surface area contributed by atoms with Crippen LogP contribution in [0.5, 0.6) is 0 Å². The molecule has 0 N–H and O–H groups in total. The molecule has 2 rings (SSSR count). The monoisotopic (exact) mass is 489 g/mol. The Kier molecular flexibility index (Phi) is 13.6. The number of esters is 1. The predicted molar refractivity (Wildman–Crippen MR) is 134 cm³/mol. The lowest BCUT2D eigenvalue weighted by Crippen LogP contribution is -2.24. The van der Waals surface area contributed by atoms with Crippen LogP contribution in [0.4, 0.5) is 9.18 Å². The third-order valence-corrected chi connectivity index (χ3v) is 5.83. The third-order valence-electron chi connectivity index (χ3n) is 5.83. The Morgan fingerprint density at radius 2 is 1.57 bits per heavy atom. The van der Waals surface area contributed by atoms with Crippen LogP contribution in [0, 0.1) is 0 Å². The molecule has 1 aromatic carbocycles. The first-order valence-electron chi connectivity index (χ1n) is 12.9. The number of aromatic nitrogens is 1. The first kappa shape index (κ1) is 28.4. The molecule has 6 nitrogen and oxygen atoms in total. The average molecular weight is 490 g/mol. The van der Waals surface area contributed by atoms with E-state index in [1.165, 1.54) is 45.4 Å². The topological polar surface area (TPSA) is 66.8 Å². The lowest BCUT2D eigenvalue weighted by atomic mass is 10.1. The summed E-state index contributed by atoms with van der Waals surface area (Å²) in [4.78, 5) is 24.4. The molecule has 0 amide bonds. The van der Waals surface area contributed by atoms with Crippen molar-refractivity contribution in [2.75, 3.05) is 0 Å². The molecule has 0 aliphatic rings. The van der Waals surface area contributed by atoms with E-state index in [2.05, 4.69) is 6.92 Å². The second-order valence-corrected chi connectivity index (χ2v) is 8.85. The molecule has 2 atom stereocenters. The van der Waals surface area contributed by atoms with Crippen molar-refractivity contribution in [3.63, 3.8) is 0 Å². The molecular weight excluding hydrogens is 449 g/mol. The van der Waals surface area contributed by atoms with Crippen LogP contribution in [-0.4, -0.2) is 29.2 Å². The number of alkyl halides is 1. The van der Waals surface area contributed by atoms with Gasteiger partial charge in [0.1, 0.15) is 18.5 Å². The number of carbonyl (C=O) groups excluding carboxylic acids is 2. The molecule has 0 aliphatic heterocycles. The van der Waals surface area contributed by atoms with Gasteiger partial charge in [-0.15, -0.1) is 0 Å². The van der Waals surface area contributed by atoms with Crippen molar-refractivity contribution in [3.8, 4) is 0 Å². The SMILES string of the molecule is CCCCCCCCCCC(F)CCn1cccc1C(=O)OC(C)OC(=O)OCc1ccccc1. The first-order valence-corrected chi connectivity index (χ1v) is 12.9. The smallest absolute Gasteiger partial charge is 0.429 e. The Bertz CT molecular complexity index is 854. The molecular formula is C28H40FNO5. The van der Waals surface area contributed by atoms with E-state index in [-0.39, 0.29) is 12.3 Å². The number of nitrogens with zero attached hydrogens (tertiary/aromatic N) is 1. The molecule has 0 saturated heterocycles. The van der Waals surface area contributed by atoms with Crippen molar-refractivity contribution in [2.24, 2.45) is 0 Å². The lowest BCUT2D eigenvalue weighted by Gasteiger charge is -2.15. The molecule has 1 heterocycles. The van der Waals surface area contributed by atoms with Gasteiger partial charge in [-0.2, -0.15) is 0 Å². The summed E-state index contributed by atoms with van der Waals surface area (Å²) in [6, 6.07) is 12.5. The minimum atomic E-state index is -1.12. The number of aryl methyl sites for hydroxylation is 1. The van der Waals surface area contributed by atoms with Crippen molar-refractivity contribution >= 4 is 12.1 Å². The Labute approximate surface area is 208 Å². The molecule has 0 saturated carbocycles. The Hall–Kier alpha value is -2.83. The summed E-state index contributed by atoms with van der Waals surface area (Å²) in [6.07, 6.45) is 9.15. The van der Waals surface area contributed by atoms with Crippen LogP contribution in [-0.2, 0) is 27.4 Å². The normalized spacial score (nSPS) is 12.7. The van der Waals surface area contributed by atoms with Crippen LogP contribution in [0.2, 0.25) is 0 Å². The van der Waals surface area contributed by atoms with Crippen molar-refractivity contribution in [1.29, 1.82) is 0 Å². The maximum Gasteiger partial charge on any atom is 0.511 e. The summed E-state index contributed by atoms with van der Waals surface area (Å²) in [5, 5.41) is 0. The molecule has 0 fully saturated rings. The molecule has 0 aliphatic carbocycles. The van der Waals surface area contributed by atoms with Crippen LogP contribution in [0.25, 0.3) is 0 Å². The van der Waals surface area contributed by atoms with Gasteiger partial charge >= 0.3 is 12.1 Å². The first-order chi connectivity index (χ1) is 17.0. The summed E-state index contributed by atoms with van der Waals surface area (Å²) in [5.74, 6) is -0.642. The van der Waals surface area contributed by atoms with Crippen molar-refractivity contribution in [2.45, 2.75) is 104 Å². The van der Waals surface area contributed by atoms with Gasteiger partial charge in [-0.1, -0.05) is 88.6 Å². The highest BCUT2D eigenvalue weighted by Gasteiger charge is 2.19. The summed E-state index contributed by atoms with van der Waals surface area (Å²) in [6.45, 7) is 4.09. The van der Waals surface area contributed by atoms with Gasteiger partial charge in [-0.25, -0.2) is 14.0 Å². The van der Waals surface area contributed by atoms with E-state index in [1.807, 2.05) is 30.3 Å². The van der Waals surface area contributed by atoms with Gasteiger partial charge < -0.3 is 18.8 Å². The van der Waals surface area contributed by atoms with E-state index >= 15 is 0 Å². The molecule has 0 spiro atoms. The summed E-state index contributed by atoms with van der Waals surface area (Å²) in [7, 11) is 0. The van der Waals surface area contributed by atoms with E-state index in [1.54, 1.807) is 22.9 Å². The van der Waals surface area contributed by atoms with E-state index in [0.29, 0.717) is 19.4 Å². The fourth-order valence-electron chi connectivity index (χ4n) is 3.84. The number of ether oxygens (including phenoxy) is 3. The number of benzene rings is 1. The van der Waals surface area contributed by atoms with E-state index in [9.17, 15) is 14.0 Å². The Balaban J connectivity index is 1.64. The van der Waals surface area contributed by atoms with Gasteiger partial charge in [0.15, 0.2) is 0 Å². The summed E-state index contributed by atoms with van der Waals surface area (Å²) < 4.78 is 31.3. The number of halogens is 1. The number of hydrogen-bond donors (Lipinski definition) is 0. The quantitative estimate of drug-likeness (QED) is 0.130. The standard InChI is InChI=1S/C28H40FNO5/c1-3-4-5-6-7-8-9-13-17-25(29)19-21-30-20-14-18-26(30)27(31)34-23(2)35-28(32)33-22-24-15-11-10-12-16-24/h10-12,14-16,18,20,23,25H,3-9,13,17,19,21-22H2,1-2H3. The Morgan fingerprint density at radius 1 is 0.886 bits per heavy atom. The zero-order valence-electron chi connectivity index (χ0n) is 21.1. The van der Waals surface area contributed by atoms with Gasteiger partial charge in [-0.05, 0) is 30.5 Å². The number of hydrogen-bond acceptors (Lipinski definition) is 5. The van der Waals surface area contributed by atoms with E-state index in [4.69, 9.17) is 14.2 Å². The van der Waals surface area contributed by atoms with Crippen LogP contribution in [0.3, 0.4) is 0 Å². The van der Waals surface area contributed by atoms with Gasteiger partial charge in [0.25, 0.3) is 0 Å². The minimum Gasteiger partial charge on any atom is -0.429 e. The lowest BCUT2D eigenvalue weighted by molar-refractivity contribution is -0.0838. The van der Waals surface area contributed by atoms with Gasteiger partial charge in [0.2, 0.25) is 6.29 Å². The summed E-state index contributed by atoms with van der Waals surface area (Å²) >= 11 is 0. The summed E-state index contributed by atoms with van der Waals surface area (Å²) in [5.41, 5.74) is 1.11. The number of carbonyl (C=O) groups is 2. The zero-order chi connectivity index (χ0) is 25.3. The maximum atomic E-state index is 14.4. The van der Waals surface area contributed by atoms with Crippen molar-refractivity contribution in [1.82, 2.24) is 4.57 Å². The van der Waals surface area contributed by atoms with Gasteiger partial charge in [0.05, 0.1) is 0 Å². The van der Waals surface area contributed by atoms with E-state index < -0.39 is 24.6 Å². The largest absolute Gasteiger partial charge is 0.511 e. The van der Waals surface area contributed by atoms with Gasteiger partial charge in [-0.3, -0.25) is 0 Å². The number of unbranched alkanes of at least 4 members (excludes halogenated alkanes) is 7. The molecule has 2 aromatic rings. The second kappa shape index (κ2) is 16.7.